The molecular formula is C10H21NO3S. The molecule has 0 bridgehead atoms. The molecule has 15 heavy (non-hydrogen) atoms. The molecule has 1 aliphatic rings. The van der Waals surface area contributed by atoms with Crippen LogP contribution in [0.3, 0.4) is 0 Å². The van der Waals surface area contributed by atoms with Crippen LogP contribution in [0, 0.1) is 0 Å². The molecule has 0 aromatic heterocycles. The zero-order chi connectivity index (χ0) is 11.3. The van der Waals surface area contributed by atoms with E-state index in [2.05, 4.69) is 5.32 Å². The van der Waals surface area contributed by atoms with Gasteiger partial charge in [0.2, 0.25) is 0 Å². The third-order valence-corrected chi connectivity index (χ3v) is 4.67. The average Bonchev–Trinajstić information content (AvgIpc) is 2.16. The van der Waals surface area contributed by atoms with Crippen molar-refractivity contribution < 1.29 is 13.5 Å². The second-order valence-electron chi connectivity index (χ2n) is 4.26. The van der Waals surface area contributed by atoms with E-state index in [-0.39, 0.29) is 17.9 Å². The minimum atomic E-state index is -2.81. The van der Waals surface area contributed by atoms with Crippen molar-refractivity contribution in [3.63, 3.8) is 0 Å². The third kappa shape index (κ3) is 4.95. The highest BCUT2D eigenvalue weighted by Crippen LogP contribution is 2.12. The SMILES string of the molecule is CCC(O)CCNC1CCCS(=O)(=O)C1. The molecule has 1 fully saturated rings. The highest BCUT2D eigenvalue weighted by Gasteiger charge is 2.23. The maximum atomic E-state index is 11.3. The van der Waals surface area contributed by atoms with E-state index >= 15 is 0 Å². The van der Waals surface area contributed by atoms with Gasteiger partial charge in [-0.2, -0.15) is 0 Å². The number of aliphatic hydroxyl groups is 1. The maximum absolute atomic E-state index is 11.3. The topological polar surface area (TPSA) is 66.4 Å². The van der Waals surface area contributed by atoms with Crippen LogP contribution in [0.2, 0.25) is 0 Å². The van der Waals surface area contributed by atoms with Crippen molar-refractivity contribution in [2.24, 2.45) is 0 Å². The first-order chi connectivity index (χ1) is 7.03. The lowest BCUT2D eigenvalue weighted by molar-refractivity contribution is 0.158. The molecule has 0 amide bonds. The minimum absolute atomic E-state index is 0.0906. The molecule has 1 heterocycles. The van der Waals surface area contributed by atoms with Crippen molar-refractivity contribution >= 4 is 9.84 Å². The van der Waals surface area contributed by atoms with Gasteiger partial charge in [-0.1, -0.05) is 6.92 Å². The molecule has 1 rings (SSSR count). The van der Waals surface area contributed by atoms with Crippen molar-refractivity contribution in [1.29, 1.82) is 0 Å². The lowest BCUT2D eigenvalue weighted by Gasteiger charge is -2.23. The van der Waals surface area contributed by atoms with Crippen LogP contribution in [-0.4, -0.2) is 43.7 Å². The summed E-state index contributed by atoms with van der Waals surface area (Å²) < 4.78 is 22.6. The number of sulfone groups is 1. The van der Waals surface area contributed by atoms with Gasteiger partial charge < -0.3 is 10.4 Å². The Hall–Kier alpha value is -0.130. The Kier molecular flexibility index (Phi) is 5.02. The molecule has 0 aromatic rings. The van der Waals surface area contributed by atoms with Gasteiger partial charge in [0.25, 0.3) is 0 Å². The van der Waals surface area contributed by atoms with Crippen molar-refractivity contribution in [3.8, 4) is 0 Å². The van der Waals surface area contributed by atoms with Gasteiger partial charge >= 0.3 is 0 Å². The van der Waals surface area contributed by atoms with Crippen LogP contribution in [0.25, 0.3) is 0 Å². The fourth-order valence-corrected chi connectivity index (χ4v) is 3.51. The molecule has 1 saturated heterocycles. The van der Waals surface area contributed by atoms with Crippen LogP contribution in [0.4, 0.5) is 0 Å². The quantitative estimate of drug-likeness (QED) is 0.720. The Morgan fingerprint density at radius 1 is 1.53 bits per heavy atom. The summed E-state index contributed by atoms with van der Waals surface area (Å²) >= 11 is 0. The fraction of sp³-hybridized carbons (Fsp3) is 1.00. The third-order valence-electron chi connectivity index (χ3n) is 2.84. The van der Waals surface area contributed by atoms with Crippen LogP contribution in [0.15, 0.2) is 0 Å². The van der Waals surface area contributed by atoms with Crippen LogP contribution in [0.5, 0.6) is 0 Å². The zero-order valence-electron chi connectivity index (χ0n) is 9.28. The minimum Gasteiger partial charge on any atom is -0.393 e. The van der Waals surface area contributed by atoms with Crippen molar-refractivity contribution in [3.05, 3.63) is 0 Å². The van der Waals surface area contributed by atoms with Gasteiger partial charge in [0.15, 0.2) is 9.84 Å². The van der Waals surface area contributed by atoms with Crippen LogP contribution < -0.4 is 5.32 Å². The summed E-state index contributed by atoms with van der Waals surface area (Å²) in [6.07, 6.45) is 2.88. The van der Waals surface area contributed by atoms with Crippen molar-refractivity contribution in [1.82, 2.24) is 5.32 Å². The van der Waals surface area contributed by atoms with E-state index in [1.807, 2.05) is 6.92 Å². The molecule has 0 spiro atoms. The lowest BCUT2D eigenvalue weighted by Crippen LogP contribution is -2.41. The first-order valence-electron chi connectivity index (χ1n) is 5.65. The maximum Gasteiger partial charge on any atom is 0.151 e. The van der Waals surface area contributed by atoms with Gasteiger partial charge in [0.1, 0.15) is 0 Å². The Labute approximate surface area is 92.0 Å². The van der Waals surface area contributed by atoms with E-state index in [0.717, 1.165) is 19.3 Å². The smallest absolute Gasteiger partial charge is 0.151 e. The normalized spacial score (nSPS) is 27.5. The summed E-state index contributed by atoms with van der Waals surface area (Å²) in [5.74, 6) is 0.595. The molecule has 0 aromatic carbocycles. The van der Waals surface area contributed by atoms with E-state index in [0.29, 0.717) is 18.7 Å². The Morgan fingerprint density at radius 3 is 2.87 bits per heavy atom. The standard InChI is InChI=1S/C10H21NO3S/c1-2-10(12)5-6-11-9-4-3-7-15(13,14)8-9/h9-12H,2-8H2,1H3. The second-order valence-corrected chi connectivity index (χ2v) is 6.49. The predicted octanol–water partition coefficient (Wildman–Crippen LogP) is 0.314. The summed E-state index contributed by atoms with van der Waals surface area (Å²) in [6.45, 7) is 2.64. The largest absolute Gasteiger partial charge is 0.393 e. The fourth-order valence-electron chi connectivity index (χ4n) is 1.84. The zero-order valence-corrected chi connectivity index (χ0v) is 10.1. The summed E-state index contributed by atoms with van der Waals surface area (Å²) in [5.41, 5.74) is 0. The molecule has 2 unspecified atom stereocenters. The number of aliphatic hydroxyl groups excluding tert-OH is 1. The van der Waals surface area contributed by atoms with Crippen LogP contribution in [0.1, 0.15) is 32.6 Å². The van der Waals surface area contributed by atoms with E-state index in [9.17, 15) is 13.5 Å². The van der Waals surface area contributed by atoms with Crippen molar-refractivity contribution in [2.45, 2.75) is 44.8 Å². The summed E-state index contributed by atoms with van der Waals surface area (Å²) in [7, 11) is -2.81. The van der Waals surface area contributed by atoms with Gasteiger partial charge in [0, 0.05) is 6.04 Å². The van der Waals surface area contributed by atoms with Gasteiger partial charge in [-0.15, -0.1) is 0 Å². The Bertz CT molecular complexity index is 276. The van der Waals surface area contributed by atoms with E-state index in [1.165, 1.54) is 0 Å². The molecule has 2 N–H and O–H groups in total. The summed E-state index contributed by atoms with van der Waals surface area (Å²) in [4.78, 5) is 0. The van der Waals surface area contributed by atoms with Gasteiger partial charge in [-0.05, 0) is 32.2 Å². The van der Waals surface area contributed by atoms with E-state index < -0.39 is 9.84 Å². The van der Waals surface area contributed by atoms with E-state index in [1.54, 1.807) is 0 Å². The number of hydrogen-bond donors (Lipinski definition) is 2. The highest BCUT2D eigenvalue weighted by atomic mass is 32.2. The van der Waals surface area contributed by atoms with Crippen LogP contribution in [-0.2, 0) is 9.84 Å². The highest BCUT2D eigenvalue weighted by molar-refractivity contribution is 7.91. The molecule has 0 saturated carbocycles. The Morgan fingerprint density at radius 2 is 2.27 bits per heavy atom. The number of nitrogens with one attached hydrogen (secondary N) is 1. The molecule has 0 radical (unpaired) electrons. The summed E-state index contributed by atoms with van der Waals surface area (Å²) in [5, 5.41) is 12.5. The lowest BCUT2D eigenvalue weighted by atomic mass is 10.1. The van der Waals surface area contributed by atoms with E-state index in [4.69, 9.17) is 0 Å². The van der Waals surface area contributed by atoms with Crippen LogP contribution >= 0.6 is 0 Å². The Balaban J connectivity index is 2.22. The second kappa shape index (κ2) is 5.82. The first-order valence-corrected chi connectivity index (χ1v) is 7.47. The first kappa shape index (κ1) is 12.9. The molecule has 1 aliphatic heterocycles. The average molecular weight is 235 g/mol. The molecule has 0 aliphatic carbocycles. The number of rotatable bonds is 5. The number of hydrogen-bond acceptors (Lipinski definition) is 4. The van der Waals surface area contributed by atoms with Crippen molar-refractivity contribution in [2.75, 3.05) is 18.1 Å². The molecule has 4 nitrogen and oxygen atoms in total. The molecular weight excluding hydrogens is 214 g/mol. The summed E-state index contributed by atoms with van der Waals surface area (Å²) in [6, 6.07) is 0.0906. The van der Waals surface area contributed by atoms with Gasteiger partial charge in [-0.25, -0.2) is 8.42 Å². The molecule has 2 atom stereocenters. The molecule has 5 heteroatoms. The molecule has 90 valence electrons. The van der Waals surface area contributed by atoms with Gasteiger partial charge in [0.05, 0.1) is 17.6 Å². The monoisotopic (exact) mass is 235 g/mol. The van der Waals surface area contributed by atoms with Gasteiger partial charge in [-0.3, -0.25) is 0 Å². The predicted molar refractivity (Wildman–Crippen MR) is 60.6 cm³/mol.